The van der Waals surface area contributed by atoms with Crippen LogP contribution >= 0.6 is 0 Å². The van der Waals surface area contributed by atoms with Crippen LogP contribution in [-0.2, 0) is 17.1 Å². The number of hydrogen-bond acceptors (Lipinski definition) is 7. The van der Waals surface area contributed by atoms with E-state index in [-0.39, 0.29) is 51.1 Å². The van der Waals surface area contributed by atoms with Crippen LogP contribution in [0.2, 0.25) is 0 Å². The number of carbonyl (C=O) groups excluding carboxylic acids is 2. The normalized spacial score (nSPS) is 20.3. The molecule has 9 nitrogen and oxygen atoms in total. The Morgan fingerprint density at radius 3 is 2.20 bits per heavy atom. The Morgan fingerprint density at radius 1 is 0.922 bits per heavy atom. The average molecular weight is 723 g/mol. The lowest BCUT2D eigenvalue weighted by Gasteiger charge is -2.51. The summed E-state index contributed by atoms with van der Waals surface area (Å²) in [6.07, 6.45) is -7.73. The molecule has 0 bridgehead atoms. The molecule has 2 aliphatic rings. The molecule has 0 aliphatic carbocycles. The predicted octanol–water partition coefficient (Wildman–Crippen LogP) is 6.45. The standard InChI is InChI=1S/C36H40F6N4O5/c1-33(2,49)16-13-30-34(51-25-11-9-24(10-12-25)35(37,38)39,15-6-18-46(30)31(47)26-23-43-17-14-27(26)36(40,41)42)32(48)45-21-19-44(20-22-45)28-7-4-5-8-29(28)50-3/h4-5,7-12,14,17,23,30,49H,6,13,15-16,18-22H2,1-3H3. The van der Waals surface area contributed by atoms with Crippen molar-refractivity contribution in [3.8, 4) is 11.5 Å². The maximum atomic E-state index is 14.9. The van der Waals surface area contributed by atoms with Crippen LogP contribution in [0.1, 0.15) is 61.0 Å². The van der Waals surface area contributed by atoms with Gasteiger partial charge in [0.25, 0.3) is 11.8 Å². The van der Waals surface area contributed by atoms with E-state index in [9.17, 15) is 41.0 Å². The fourth-order valence-corrected chi connectivity index (χ4v) is 6.82. The molecular weight excluding hydrogens is 682 g/mol. The van der Waals surface area contributed by atoms with Crippen molar-refractivity contribution >= 4 is 17.5 Å². The van der Waals surface area contributed by atoms with Crippen molar-refractivity contribution in [3.05, 3.63) is 83.7 Å². The Morgan fingerprint density at radius 2 is 1.59 bits per heavy atom. The summed E-state index contributed by atoms with van der Waals surface area (Å²) >= 11 is 0. The molecule has 3 aromatic rings. The van der Waals surface area contributed by atoms with Crippen molar-refractivity contribution in [1.82, 2.24) is 14.8 Å². The Kier molecular flexibility index (Phi) is 10.8. The number of amides is 2. The second-order valence-corrected chi connectivity index (χ2v) is 13.4. The number of anilines is 1. The monoisotopic (exact) mass is 722 g/mol. The maximum Gasteiger partial charge on any atom is 0.417 e. The quantitative estimate of drug-likeness (QED) is 0.254. The molecule has 15 heteroatoms. The van der Waals surface area contributed by atoms with Crippen molar-refractivity contribution < 1.29 is 50.5 Å². The lowest BCUT2D eigenvalue weighted by molar-refractivity contribution is -0.160. The number of para-hydroxylation sites is 2. The number of aliphatic hydroxyl groups is 1. The number of hydrogen-bond donors (Lipinski definition) is 1. The molecule has 2 aromatic carbocycles. The number of aromatic nitrogens is 1. The maximum absolute atomic E-state index is 14.9. The summed E-state index contributed by atoms with van der Waals surface area (Å²) in [6.45, 7) is 4.14. The van der Waals surface area contributed by atoms with E-state index in [0.717, 1.165) is 47.2 Å². The van der Waals surface area contributed by atoms with Crippen molar-refractivity contribution in [2.75, 3.05) is 44.7 Å². The first-order valence-corrected chi connectivity index (χ1v) is 16.5. The molecule has 5 rings (SSSR count). The summed E-state index contributed by atoms with van der Waals surface area (Å²) in [6, 6.07) is 10.6. The zero-order valence-electron chi connectivity index (χ0n) is 28.4. The number of rotatable bonds is 9. The number of halogens is 6. The minimum absolute atomic E-state index is 0.000943. The third kappa shape index (κ3) is 8.35. The van der Waals surface area contributed by atoms with Crippen LogP contribution in [0.5, 0.6) is 11.5 Å². The zero-order valence-corrected chi connectivity index (χ0v) is 28.4. The highest BCUT2D eigenvalue weighted by atomic mass is 19.4. The van der Waals surface area contributed by atoms with Gasteiger partial charge in [0.1, 0.15) is 11.5 Å². The second kappa shape index (κ2) is 14.6. The van der Waals surface area contributed by atoms with Gasteiger partial charge in [-0.3, -0.25) is 14.6 Å². The Balaban J connectivity index is 1.57. The third-order valence-corrected chi connectivity index (χ3v) is 9.35. The number of likely N-dealkylation sites (tertiary alicyclic amines) is 1. The molecule has 1 N–H and O–H groups in total. The second-order valence-electron chi connectivity index (χ2n) is 13.4. The number of piperidine rings is 1. The van der Waals surface area contributed by atoms with E-state index in [0.29, 0.717) is 24.9 Å². The number of ether oxygens (including phenoxy) is 2. The summed E-state index contributed by atoms with van der Waals surface area (Å²) in [5.41, 5.74) is -5.31. The van der Waals surface area contributed by atoms with Gasteiger partial charge in [-0.15, -0.1) is 0 Å². The Bertz CT molecular complexity index is 1690. The molecule has 2 aliphatic heterocycles. The van der Waals surface area contributed by atoms with E-state index in [1.54, 1.807) is 12.0 Å². The van der Waals surface area contributed by atoms with Gasteiger partial charge in [-0.05, 0) is 75.6 Å². The largest absolute Gasteiger partial charge is 0.495 e. The first-order valence-electron chi connectivity index (χ1n) is 16.5. The number of benzene rings is 2. The van der Waals surface area contributed by atoms with Crippen LogP contribution in [0, 0.1) is 0 Å². The average Bonchev–Trinajstić information content (AvgIpc) is 3.09. The molecule has 0 saturated carbocycles. The summed E-state index contributed by atoms with van der Waals surface area (Å²) in [5.74, 6) is -1.06. The molecule has 2 fully saturated rings. The van der Waals surface area contributed by atoms with Gasteiger partial charge in [-0.1, -0.05) is 12.1 Å². The van der Waals surface area contributed by atoms with Crippen LogP contribution in [0.25, 0.3) is 0 Å². The minimum atomic E-state index is -4.89. The smallest absolute Gasteiger partial charge is 0.417 e. The molecular formula is C36H40F6N4O5. The molecule has 276 valence electrons. The lowest BCUT2D eigenvalue weighted by Crippen LogP contribution is -2.69. The molecule has 1 aromatic heterocycles. The highest BCUT2D eigenvalue weighted by Gasteiger charge is 2.56. The van der Waals surface area contributed by atoms with Gasteiger partial charge in [0.05, 0.1) is 41.1 Å². The lowest BCUT2D eigenvalue weighted by atomic mass is 9.78. The molecule has 2 saturated heterocycles. The van der Waals surface area contributed by atoms with Gasteiger partial charge in [-0.2, -0.15) is 26.3 Å². The van der Waals surface area contributed by atoms with Crippen LogP contribution in [0.4, 0.5) is 32.0 Å². The van der Waals surface area contributed by atoms with Gasteiger partial charge in [-0.25, -0.2) is 0 Å². The van der Waals surface area contributed by atoms with Crippen LogP contribution in [-0.4, -0.2) is 88.8 Å². The Hall–Kier alpha value is -4.53. The number of piperazine rings is 1. The van der Waals surface area contributed by atoms with E-state index in [2.05, 4.69) is 4.98 Å². The number of methoxy groups -OCH3 is 1. The van der Waals surface area contributed by atoms with Crippen LogP contribution < -0.4 is 14.4 Å². The Labute approximate surface area is 291 Å². The first-order chi connectivity index (χ1) is 23.9. The van der Waals surface area contributed by atoms with Gasteiger partial charge in [0.2, 0.25) is 5.60 Å². The van der Waals surface area contributed by atoms with Crippen molar-refractivity contribution in [1.29, 1.82) is 0 Å². The molecule has 2 atom stereocenters. The number of carbonyl (C=O) groups is 2. The predicted molar refractivity (Wildman–Crippen MR) is 175 cm³/mol. The zero-order chi connectivity index (χ0) is 37.2. The van der Waals surface area contributed by atoms with Crippen LogP contribution in [0.3, 0.4) is 0 Å². The van der Waals surface area contributed by atoms with Crippen molar-refractivity contribution in [2.45, 2.75) is 69.1 Å². The van der Waals surface area contributed by atoms with Crippen molar-refractivity contribution in [2.24, 2.45) is 0 Å². The van der Waals surface area contributed by atoms with E-state index in [4.69, 9.17) is 9.47 Å². The van der Waals surface area contributed by atoms with Gasteiger partial charge < -0.3 is 29.3 Å². The van der Waals surface area contributed by atoms with Crippen LogP contribution in [0.15, 0.2) is 67.0 Å². The summed E-state index contributed by atoms with van der Waals surface area (Å²) < 4.78 is 94.6. The summed E-state index contributed by atoms with van der Waals surface area (Å²) in [4.78, 5) is 37.6. The number of pyridine rings is 1. The summed E-state index contributed by atoms with van der Waals surface area (Å²) in [7, 11) is 1.55. The highest BCUT2D eigenvalue weighted by molar-refractivity contribution is 5.97. The van der Waals surface area contributed by atoms with Crippen molar-refractivity contribution in [3.63, 3.8) is 0 Å². The highest BCUT2D eigenvalue weighted by Crippen LogP contribution is 2.41. The van der Waals surface area contributed by atoms with Gasteiger partial charge >= 0.3 is 12.4 Å². The molecule has 0 spiro atoms. The third-order valence-electron chi connectivity index (χ3n) is 9.35. The van der Waals surface area contributed by atoms with Gasteiger partial charge in [0, 0.05) is 51.5 Å². The molecule has 2 unspecified atom stereocenters. The SMILES string of the molecule is COc1ccccc1N1CCN(C(=O)C2(Oc3ccc(C(F)(F)F)cc3)CCCN(C(=O)c3cnccc3C(F)(F)F)C2CCC(C)(C)O)CC1. The molecule has 51 heavy (non-hydrogen) atoms. The first kappa shape index (κ1) is 37.7. The minimum Gasteiger partial charge on any atom is -0.495 e. The fraction of sp³-hybridized carbons (Fsp3) is 0.472. The number of alkyl halides is 6. The van der Waals surface area contributed by atoms with E-state index >= 15 is 0 Å². The molecule has 0 radical (unpaired) electrons. The topological polar surface area (TPSA) is 95.4 Å². The fourth-order valence-electron chi connectivity index (χ4n) is 6.82. The molecule has 2 amide bonds. The van der Waals surface area contributed by atoms with E-state index in [1.165, 1.54) is 13.8 Å². The number of nitrogens with zero attached hydrogens (tertiary/aromatic N) is 4. The van der Waals surface area contributed by atoms with Gasteiger partial charge in [0.15, 0.2) is 0 Å². The summed E-state index contributed by atoms with van der Waals surface area (Å²) in [5, 5.41) is 10.8. The van der Waals surface area contributed by atoms with E-state index in [1.807, 2.05) is 29.2 Å². The molecule has 3 heterocycles. The van der Waals surface area contributed by atoms with E-state index < -0.39 is 58.1 Å².